The summed E-state index contributed by atoms with van der Waals surface area (Å²) in [5, 5.41) is 6.25. The summed E-state index contributed by atoms with van der Waals surface area (Å²) in [6.45, 7) is 1.98. The van der Waals surface area contributed by atoms with Gasteiger partial charge in [-0.15, -0.1) is 0 Å². The second-order valence-corrected chi connectivity index (χ2v) is 6.69. The predicted molar refractivity (Wildman–Crippen MR) is 94.7 cm³/mol. The third kappa shape index (κ3) is 4.07. The molecule has 1 aromatic carbocycles. The number of rotatable bonds is 4. The van der Waals surface area contributed by atoms with Gasteiger partial charge in [0.15, 0.2) is 0 Å². The standard InChI is InChI=1S/C17H19BrN4O/c1-11-8-13(6-7-14(11)18)22-17(23)15-9-16(20-10-19-15)21-12-4-2-3-5-12/h6-10,12H,2-5H2,1H3,(H,22,23)(H,19,20,21). The van der Waals surface area contributed by atoms with Crippen molar-refractivity contribution in [1.82, 2.24) is 9.97 Å². The molecule has 1 aliphatic rings. The number of halogens is 1. The van der Waals surface area contributed by atoms with Gasteiger partial charge >= 0.3 is 0 Å². The summed E-state index contributed by atoms with van der Waals surface area (Å²) >= 11 is 3.45. The van der Waals surface area contributed by atoms with Crippen molar-refractivity contribution in [2.45, 2.75) is 38.6 Å². The van der Waals surface area contributed by atoms with E-state index in [9.17, 15) is 4.79 Å². The molecule has 0 saturated heterocycles. The molecule has 0 aliphatic heterocycles. The lowest BCUT2D eigenvalue weighted by Crippen LogP contribution is -2.18. The number of benzene rings is 1. The van der Waals surface area contributed by atoms with Crippen molar-refractivity contribution >= 4 is 33.3 Å². The average molecular weight is 375 g/mol. The van der Waals surface area contributed by atoms with Crippen LogP contribution in [0.4, 0.5) is 11.5 Å². The number of nitrogens with zero attached hydrogens (tertiary/aromatic N) is 2. The molecule has 0 spiro atoms. The fourth-order valence-corrected chi connectivity index (χ4v) is 3.00. The topological polar surface area (TPSA) is 66.9 Å². The molecular weight excluding hydrogens is 356 g/mol. The largest absolute Gasteiger partial charge is 0.367 e. The Hall–Kier alpha value is -1.95. The maximum atomic E-state index is 12.4. The van der Waals surface area contributed by atoms with Crippen molar-refractivity contribution in [3.8, 4) is 0 Å². The van der Waals surface area contributed by atoms with Gasteiger partial charge in [-0.2, -0.15) is 0 Å². The summed E-state index contributed by atoms with van der Waals surface area (Å²) in [7, 11) is 0. The summed E-state index contributed by atoms with van der Waals surface area (Å²) in [5.41, 5.74) is 2.18. The van der Waals surface area contributed by atoms with E-state index in [4.69, 9.17) is 0 Å². The smallest absolute Gasteiger partial charge is 0.274 e. The first-order chi connectivity index (χ1) is 11.1. The SMILES string of the molecule is Cc1cc(NC(=O)c2cc(NC3CCCC3)ncn2)ccc1Br. The Kier molecular flexibility index (Phi) is 4.91. The number of amides is 1. The summed E-state index contributed by atoms with van der Waals surface area (Å²) < 4.78 is 1.01. The minimum atomic E-state index is -0.233. The van der Waals surface area contributed by atoms with Crippen molar-refractivity contribution in [3.63, 3.8) is 0 Å². The molecule has 0 radical (unpaired) electrons. The fourth-order valence-electron chi connectivity index (χ4n) is 2.76. The summed E-state index contributed by atoms with van der Waals surface area (Å²) in [6.07, 6.45) is 6.24. The predicted octanol–water partition coefficient (Wildman–Crippen LogP) is 4.15. The van der Waals surface area contributed by atoms with Crippen LogP contribution in [0.1, 0.15) is 41.7 Å². The van der Waals surface area contributed by atoms with E-state index in [2.05, 4.69) is 36.5 Å². The number of hydrogen-bond donors (Lipinski definition) is 2. The number of anilines is 2. The Labute approximate surface area is 144 Å². The molecular formula is C17H19BrN4O. The second kappa shape index (κ2) is 7.08. The molecule has 1 heterocycles. The van der Waals surface area contributed by atoms with Crippen molar-refractivity contribution in [2.75, 3.05) is 10.6 Å². The molecule has 0 atom stereocenters. The summed E-state index contributed by atoms with van der Waals surface area (Å²) in [4.78, 5) is 20.6. The minimum Gasteiger partial charge on any atom is -0.367 e. The third-order valence-electron chi connectivity index (χ3n) is 4.02. The van der Waals surface area contributed by atoms with Crippen LogP contribution in [0.15, 0.2) is 35.1 Å². The van der Waals surface area contributed by atoms with E-state index in [1.54, 1.807) is 6.07 Å². The van der Waals surface area contributed by atoms with Crippen LogP contribution in [-0.2, 0) is 0 Å². The van der Waals surface area contributed by atoms with Crippen LogP contribution < -0.4 is 10.6 Å². The number of carbonyl (C=O) groups excluding carboxylic acids is 1. The van der Waals surface area contributed by atoms with E-state index in [0.29, 0.717) is 17.6 Å². The highest BCUT2D eigenvalue weighted by Crippen LogP contribution is 2.22. The van der Waals surface area contributed by atoms with Gasteiger partial charge in [0, 0.05) is 22.3 Å². The molecule has 1 aromatic heterocycles. The molecule has 1 aliphatic carbocycles. The van der Waals surface area contributed by atoms with Crippen molar-refractivity contribution in [3.05, 3.63) is 46.3 Å². The lowest BCUT2D eigenvalue weighted by Gasteiger charge is -2.13. The van der Waals surface area contributed by atoms with Gasteiger partial charge in [0.05, 0.1) is 0 Å². The number of nitrogens with one attached hydrogen (secondary N) is 2. The van der Waals surface area contributed by atoms with Crippen LogP contribution >= 0.6 is 15.9 Å². The monoisotopic (exact) mass is 374 g/mol. The molecule has 2 aromatic rings. The average Bonchev–Trinajstić information content (AvgIpc) is 3.04. The van der Waals surface area contributed by atoms with Gasteiger partial charge in [0.2, 0.25) is 0 Å². The van der Waals surface area contributed by atoms with Crippen LogP contribution in [0.25, 0.3) is 0 Å². The molecule has 0 bridgehead atoms. The van der Waals surface area contributed by atoms with Crippen LogP contribution in [0.2, 0.25) is 0 Å². The number of hydrogen-bond acceptors (Lipinski definition) is 4. The van der Waals surface area contributed by atoms with Gasteiger partial charge in [-0.1, -0.05) is 28.8 Å². The first-order valence-electron chi connectivity index (χ1n) is 7.78. The maximum absolute atomic E-state index is 12.4. The van der Waals surface area contributed by atoms with Gasteiger partial charge in [-0.3, -0.25) is 4.79 Å². The van der Waals surface area contributed by atoms with E-state index in [1.165, 1.54) is 19.2 Å². The van der Waals surface area contributed by atoms with E-state index >= 15 is 0 Å². The van der Waals surface area contributed by atoms with E-state index in [1.807, 2.05) is 25.1 Å². The van der Waals surface area contributed by atoms with E-state index in [0.717, 1.165) is 28.6 Å². The second-order valence-electron chi connectivity index (χ2n) is 5.83. The van der Waals surface area contributed by atoms with Crippen LogP contribution in [0, 0.1) is 6.92 Å². The van der Waals surface area contributed by atoms with Gasteiger partial charge in [-0.05, 0) is 43.5 Å². The van der Waals surface area contributed by atoms with E-state index < -0.39 is 0 Å². The summed E-state index contributed by atoms with van der Waals surface area (Å²) in [5.74, 6) is 0.479. The lowest BCUT2D eigenvalue weighted by atomic mass is 10.2. The minimum absolute atomic E-state index is 0.233. The highest BCUT2D eigenvalue weighted by atomic mass is 79.9. The molecule has 120 valence electrons. The van der Waals surface area contributed by atoms with Gasteiger partial charge in [0.1, 0.15) is 17.8 Å². The molecule has 0 unspecified atom stereocenters. The van der Waals surface area contributed by atoms with Gasteiger partial charge in [0.25, 0.3) is 5.91 Å². The van der Waals surface area contributed by atoms with Gasteiger partial charge in [-0.25, -0.2) is 9.97 Å². The molecule has 1 fully saturated rings. The molecule has 1 amide bonds. The normalized spacial score (nSPS) is 14.7. The van der Waals surface area contributed by atoms with Gasteiger partial charge < -0.3 is 10.6 Å². The quantitative estimate of drug-likeness (QED) is 0.843. The zero-order chi connectivity index (χ0) is 16.2. The third-order valence-corrected chi connectivity index (χ3v) is 4.91. The number of aromatic nitrogens is 2. The van der Waals surface area contributed by atoms with Crippen LogP contribution in [0.5, 0.6) is 0 Å². The Morgan fingerprint density at radius 2 is 2.00 bits per heavy atom. The molecule has 3 rings (SSSR count). The molecule has 1 saturated carbocycles. The van der Waals surface area contributed by atoms with Crippen molar-refractivity contribution in [1.29, 1.82) is 0 Å². The zero-order valence-electron chi connectivity index (χ0n) is 13.0. The highest BCUT2D eigenvalue weighted by molar-refractivity contribution is 9.10. The van der Waals surface area contributed by atoms with Crippen LogP contribution in [-0.4, -0.2) is 21.9 Å². The fraction of sp³-hybridized carbons (Fsp3) is 0.353. The number of aryl methyl sites for hydroxylation is 1. The molecule has 2 N–H and O–H groups in total. The first-order valence-corrected chi connectivity index (χ1v) is 8.57. The zero-order valence-corrected chi connectivity index (χ0v) is 14.6. The maximum Gasteiger partial charge on any atom is 0.274 e. The first kappa shape index (κ1) is 15.9. The van der Waals surface area contributed by atoms with E-state index in [-0.39, 0.29) is 5.91 Å². The lowest BCUT2D eigenvalue weighted by molar-refractivity contribution is 0.102. The molecule has 6 heteroatoms. The van der Waals surface area contributed by atoms with Crippen molar-refractivity contribution in [2.24, 2.45) is 0 Å². The molecule has 5 nitrogen and oxygen atoms in total. The Morgan fingerprint density at radius 3 is 2.74 bits per heavy atom. The Balaban J connectivity index is 1.70. The highest BCUT2D eigenvalue weighted by Gasteiger charge is 2.16. The Morgan fingerprint density at radius 1 is 1.22 bits per heavy atom. The van der Waals surface area contributed by atoms with Crippen LogP contribution in [0.3, 0.4) is 0 Å². The molecule has 23 heavy (non-hydrogen) atoms. The van der Waals surface area contributed by atoms with Crippen molar-refractivity contribution < 1.29 is 4.79 Å². The number of carbonyl (C=O) groups is 1. The summed E-state index contributed by atoms with van der Waals surface area (Å²) in [6, 6.07) is 7.85. The Bertz CT molecular complexity index is 713.